The molecular formula is C16H22O6. The van der Waals surface area contributed by atoms with Gasteiger partial charge < -0.3 is 19.3 Å². The molecule has 2 heterocycles. The number of ether oxygens (including phenoxy) is 3. The number of rotatable bonds is 5. The zero-order valence-electron chi connectivity index (χ0n) is 12.5. The Morgan fingerprint density at radius 1 is 1.00 bits per heavy atom. The van der Waals surface area contributed by atoms with Crippen molar-refractivity contribution in [3.05, 3.63) is 0 Å². The molecule has 0 aromatic rings. The molecule has 0 radical (unpaired) electrons. The van der Waals surface area contributed by atoms with Gasteiger partial charge in [0.1, 0.15) is 6.10 Å². The van der Waals surface area contributed by atoms with E-state index in [9.17, 15) is 9.59 Å². The van der Waals surface area contributed by atoms with E-state index >= 15 is 0 Å². The Balaban J connectivity index is 1.37. The van der Waals surface area contributed by atoms with Gasteiger partial charge in [0.05, 0.1) is 36.8 Å². The van der Waals surface area contributed by atoms with Crippen molar-refractivity contribution >= 4 is 11.9 Å². The van der Waals surface area contributed by atoms with Gasteiger partial charge in [-0.05, 0) is 38.0 Å². The molecular weight excluding hydrogens is 288 g/mol. The summed E-state index contributed by atoms with van der Waals surface area (Å²) < 4.78 is 16.6. The highest BCUT2D eigenvalue weighted by molar-refractivity contribution is 5.79. The average Bonchev–Trinajstić information content (AvgIpc) is 3.36. The number of hydrogen-bond donors (Lipinski definition) is 1. The second kappa shape index (κ2) is 5.49. The van der Waals surface area contributed by atoms with Gasteiger partial charge >= 0.3 is 11.9 Å². The summed E-state index contributed by atoms with van der Waals surface area (Å²) in [5.74, 6) is -1.74. The smallest absolute Gasteiger partial charge is 0.310 e. The van der Waals surface area contributed by atoms with Crippen LogP contribution in [0.1, 0.15) is 44.9 Å². The van der Waals surface area contributed by atoms with Gasteiger partial charge in [0.15, 0.2) is 0 Å². The fraction of sp³-hybridized carbons (Fsp3) is 0.875. The lowest BCUT2D eigenvalue weighted by molar-refractivity contribution is -0.161. The standard InChI is InChI=1S/C16H22O6/c17-15(18)7-10(8-1-3-11-13(5-8)21-11)16(19)20-9-2-4-12-14(6-9)22-12/h8-14H,1-7H2,(H,17,18). The van der Waals surface area contributed by atoms with Crippen molar-refractivity contribution in [1.29, 1.82) is 0 Å². The first-order valence-corrected chi connectivity index (χ1v) is 8.33. The molecule has 22 heavy (non-hydrogen) atoms. The largest absolute Gasteiger partial charge is 0.481 e. The minimum absolute atomic E-state index is 0.0702. The normalized spacial score (nSPS) is 43.5. The molecule has 0 bridgehead atoms. The third-order valence-corrected chi connectivity index (χ3v) is 5.55. The number of fused-ring (bicyclic) bond motifs is 2. The first-order valence-electron chi connectivity index (χ1n) is 8.33. The van der Waals surface area contributed by atoms with Crippen LogP contribution in [0.4, 0.5) is 0 Å². The monoisotopic (exact) mass is 310 g/mol. The van der Waals surface area contributed by atoms with E-state index in [4.69, 9.17) is 19.3 Å². The van der Waals surface area contributed by atoms with Crippen molar-refractivity contribution in [3.8, 4) is 0 Å². The highest BCUT2D eigenvalue weighted by atomic mass is 16.6. The maximum atomic E-state index is 12.5. The van der Waals surface area contributed by atoms with E-state index < -0.39 is 11.9 Å². The lowest BCUT2D eigenvalue weighted by atomic mass is 9.78. The molecule has 6 nitrogen and oxygen atoms in total. The van der Waals surface area contributed by atoms with E-state index in [0.29, 0.717) is 12.2 Å². The molecule has 4 rings (SSSR count). The first-order chi connectivity index (χ1) is 10.6. The first kappa shape index (κ1) is 14.5. The van der Waals surface area contributed by atoms with Crippen LogP contribution >= 0.6 is 0 Å². The molecule has 7 unspecified atom stereocenters. The van der Waals surface area contributed by atoms with Gasteiger partial charge in [0, 0.05) is 6.42 Å². The molecule has 6 heteroatoms. The van der Waals surface area contributed by atoms with Gasteiger partial charge in [-0.2, -0.15) is 0 Å². The lowest BCUT2D eigenvalue weighted by Crippen LogP contribution is -2.34. The maximum Gasteiger partial charge on any atom is 0.310 e. The molecule has 2 saturated heterocycles. The summed E-state index contributed by atoms with van der Waals surface area (Å²) in [5, 5.41) is 9.14. The Morgan fingerprint density at radius 3 is 2.32 bits per heavy atom. The maximum absolute atomic E-state index is 12.5. The van der Waals surface area contributed by atoms with Crippen molar-refractivity contribution in [1.82, 2.24) is 0 Å². The summed E-state index contributed by atoms with van der Waals surface area (Å²) in [6.07, 6.45) is 6.04. The Labute approximate surface area is 129 Å². The van der Waals surface area contributed by atoms with Crippen molar-refractivity contribution in [2.75, 3.05) is 0 Å². The SMILES string of the molecule is O=C(O)CC(C(=O)OC1CCC2OC2C1)C1CCC2OC2C1. The van der Waals surface area contributed by atoms with E-state index in [1.807, 2.05) is 0 Å². The summed E-state index contributed by atoms with van der Waals surface area (Å²) >= 11 is 0. The molecule has 4 fully saturated rings. The lowest BCUT2D eigenvalue weighted by Gasteiger charge is -2.28. The van der Waals surface area contributed by atoms with Gasteiger partial charge in [-0.3, -0.25) is 9.59 Å². The second-order valence-electron chi connectivity index (χ2n) is 7.08. The molecule has 0 spiro atoms. The Bertz CT molecular complexity index is 477. The molecule has 2 aliphatic heterocycles. The molecule has 7 atom stereocenters. The summed E-state index contributed by atoms with van der Waals surface area (Å²) in [6, 6.07) is 0. The van der Waals surface area contributed by atoms with Crippen LogP contribution in [-0.2, 0) is 23.8 Å². The second-order valence-corrected chi connectivity index (χ2v) is 7.08. The van der Waals surface area contributed by atoms with Crippen LogP contribution in [0.3, 0.4) is 0 Å². The molecule has 0 aromatic carbocycles. The molecule has 4 aliphatic rings. The van der Waals surface area contributed by atoms with Crippen molar-refractivity contribution in [2.24, 2.45) is 11.8 Å². The summed E-state index contributed by atoms with van der Waals surface area (Å²) in [5.41, 5.74) is 0. The zero-order chi connectivity index (χ0) is 15.3. The third-order valence-electron chi connectivity index (χ3n) is 5.55. The number of carbonyl (C=O) groups is 2. The fourth-order valence-electron chi connectivity index (χ4n) is 4.16. The number of esters is 1. The summed E-state index contributed by atoms with van der Waals surface area (Å²) in [4.78, 5) is 23.7. The predicted octanol–water partition coefficient (Wildman–Crippen LogP) is 1.51. The number of aliphatic carboxylic acids is 1. The van der Waals surface area contributed by atoms with Crippen LogP contribution in [-0.4, -0.2) is 47.6 Å². The third kappa shape index (κ3) is 2.99. The van der Waals surface area contributed by atoms with E-state index in [2.05, 4.69) is 0 Å². The van der Waals surface area contributed by atoms with E-state index in [1.54, 1.807) is 0 Å². The number of epoxide rings is 2. The molecule has 0 aromatic heterocycles. The predicted molar refractivity (Wildman–Crippen MR) is 74.1 cm³/mol. The number of carboxylic acids is 1. The van der Waals surface area contributed by atoms with Gasteiger partial charge in [0.25, 0.3) is 0 Å². The number of hydrogen-bond acceptors (Lipinski definition) is 5. The van der Waals surface area contributed by atoms with Crippen molar-refractivity contribution in [3.63, 3.8) is 0 Å². The van der Waals surface area contributed by atoms with Gasteiger partial charge in [0.2, 0.25) is 0 Å². The summed E-state index contributed by atoms with van der Waals surface area (Å²) in [7, 11) is 0. The molecule has 122 valence electrons. The van der Waals surface area contributed by atoms with Crippen LogP contribution in [0.15, 0.2) is 0 Å². The fourth-order valence-corrected chi connectivity index (χ4v) is 4.16. The average molecular weight is 310 g/mol. The van der Waals surface area contributed by atoms with Crippen LogP contribution in [0, 0.1) is 11.8 Å². The molecule has 0 amide bonds. The van der Waals surface area contributed by atoms with Crippen molar-refractivity contribution < 1.29 is 28.9 Å². The highest BCUT2D eigenvalue weighted by Crippen LogP contribution is 2.44. The Kier molecular flexibility index (Phi) is 3.61. The van der Waals surface area contributed by atoms with E-state index in [0.717, 1.165) is 38.5 Å². The minimum Gasteiger partial charge on any atom is -0.481 e. The molecule has 2 aliphatic carbocycles. The molecule has 1 N–H and O–H groups in total. The van der Waals surface area contributed by atoms with E-state index in [1.165, 1.54) is 0 Å². The number of carbonyl (C=O) groups excluding carboxylic acids is 1. The highest BCUT2D eigenvalue weighted by Gasteiger charge is 2.49. The van der Waals surface area contributed by atoms with Crippen LogP contribution < -0.4 is 0 Å². The topological polar surface area (TPSA) is 88.7 Å². The van der Waals surface area contributed by atoms with Crippen LogP contribution in [0.5, 0.6) is 0 Å². The summed E-state index contributed by atoms with van der Waals surface area (Å²) in [6.45, 7) is 0. The Hall–Kier alpha value is -1.14. The number of carboxylic acid groups (broad SMARTS) is 1. The van der Waals surface area contributed by atoms with Gasteiger partial charge in [-0.25, -0.2) is 0 Å². The Morgan fingerprint density at radius 2 is 1.68 bits per heavy atom. The van der Waals surface area contributed by atoms with E-state index in [-0.39, 0.29) is 36.6 Å². The van der Waals surface area contributed by atoms with Crippen molar-refractivity contribution in [2.45, 2.75) is 75.5 Å². The quantitative estimate of drug-likeness (QED) is 0.611. The van der Waals surface area contributed by atoms with Gasteiger partial charge in [-0.1, -0.05) is 0 Å². The van der Waals surface area contributed by atoms with Crippen LogP contribution in [0.2, 0.25) is 0 Å². The van der Waals surface area contributed by atoms with Crippen LogP contribution in [0.25, 0.3) is 0 Å². The minimum atomic E-state index is -0.935. The zero-order valence-corrected chi connectivity index (χ0v) is 12.5. The van der Waals surface area contributed by atoms with Gasteiger partial charge in [-0.15, -0.1) is 0 Å². The molecule has 2 saturated carbocycles.